The molecule has 2 aromatic heterocycles. The monoisotopic (exact) mass is 231 g/mol. The number of ether oxygens (including phenoxy) is 1. The lowest BCUT2D eigenvalue weighted by Gasteiger charge is -2.21. The average Bonchev–Trinajstić information content (AvgIpc) is 2.82. The van der Waals surface area contributed by atoms with Crippen LogP contribution < -0.4 is 10.1 Å². The number of methoxy groups -OCH3 is 1. The van der Waals surface area contributed by atoms with Crippen molar-refractivity contribution in [3.63, 3.8) is 0 Å². The van der Waals surface area contributed by atoms with Gasteiger partial charge in [-0.3, -0.25) is 0 Å². The summed E-state index contributed by atoms with van der Waals surface area (Å²) < 4.78 is 7.12. The van der Waals surface area contributed by atoms with Gasteiger partial charge < -0.3 is 10.1 Å². The molecule has 0 aromatic carbocycles. The Kier molecular flexibility index (Phi) is 2.73. The summed E-state index contributed by atoms with van der Waals surface area (Å²) in [5.74, 6) is 1.49. The van der Waals surface area contributed by atoms with Gasteiger partial charge in [0.15, 0.2) is 0 Å². The van der Waals surface area contributed by atoms with Gasteiger partial charge in [-0.05, 0) is 44.0 Å². The van der Waals surface area contributed by atoms with Gasteiger partial charge in [0.25, 0.3) is 0 Å². The Morgan fingerprint density at radius 3 is 2.94 bits per heavy atom. The molecule has 3 heterocycles. The molecule has 0 unspecified atom stereocenters. The number of nitrogens with zero attached hydrogens (tertiary/aromatic N) is 2. The first-order valence-electron chi connectivity index (χ1n) is 6.10. The van der Waals surface area contributed by atoms with Gasteiger partial charge in [-0.1, -0.05) is 0 Å². The first-order chi connectivity index (χ1) is 8.38. The third-order valence-electron chi connectivity index (χ3n) is 3.53. The van der Waals surface area contributed by atoms with E-state index in [9.17, 15) is 0 Å². The predicted molar refractivity (Wildman–Crippen MR) is 66.6 cm³/mol. The number of rotatable bonds is 2. The zero-order valence-electron chi connectivity index (χ0n) is 10.0. The average molecular weight is 231 g/mol. The lowest BCUT2D eigenvalue weighted by atomic mass is 9.91. The van der Waals surface area contributed by atoms with E-state index in [1.807, 2.05) is 23.0 Å². The Bertz CT molecular complexity index is 514. The van der Waals surface area contributed by atoms with Gasteiger partial charge in [0.1, 0.15) is 5.75 Å². The summed E-state index contributed by atoms with van der Waals surface area (Å²) in [6.45, 7) is 2.22. The maximum absolute atomic E-state index is 5.21. The number of piperidine rings is 1. The van der Waals surface area contributed by atoms with Gasteiger partial charge in [0.2, 0.25) is 0 Å². The highest BCUT2D eigenvalue weighted by Crippen LogP contribution is 2.29. The summed E-state index contributed by atoms with van der Waals surface area (Å²) in [6.07, 6.45) is 6.34. The summed E-state index contributed by atoms with van der Waals surface area (Å²) in [5.41, 5.74) is 2.58. The molecule has 0 bridgehead atoms. The van der Waals surface area contributed by atoms with Crippen LogP contribution in [0.1, 0.15) is 24.3 Å². The number of aromatic nitrogens is 2. The standard InChI is InChI=1S/C13H17N3O/c1-17-11-2-3-13-12(8-15-16(13)9-11)10-4-6-14-7-5-10/h2-3,8-10,14H,4-7H2,1H3. The fourth-order valence-electron chi connectivity index (χ4n) is 2.55. The van der Waals surface area contributed by atoms with E-state index in [1.54, 1.807) is 7.11 Å². The molecule has 1 N–H and O–H groups in total. The van der Waals surface area contributed by atoms with Crippen LogP contribution in [0.5, 0.6) is 5.75 Å². The van der Waals surface area contributed by atoms with Crippen LogP contribution in [0.2, 0.25) is 0 Å². The molecule has 1 fully saturated rings. The van der Waals surface area contributed by atoms with Crippen molar-refractivity contribution in [1.82, 2.24) is 14.9 Å². The minimum atomic E-state index is 0.641. The Balaban J connectivity index is 1.99. The first kappa shape index (κ1) is 10.6. The van der Waals surface area contributed by atoms with E-state index in [-0.39, 0.29) is 0 Å². The van der Waals surface area contributed by atoms with Crippen molar-refractivity contribution in [2.24, 2.45) is 0 Å². The molecule has 1 aliphatic heterocycles. The fourth-order valence-corrected chi connectivity index (χ4v) is 2.55. The van der Waals surface area contributed by atoms with E-state index in [4.69, 9.17) is 4.74 Å². The molecule has 4 nitrogen and oxygen atoms in total. The van der Waals surface area contributed by atoms with E-state index in [2.05, 4.69) is 16.5 Å². The van der Waals surface area contributed by atoms with Gasteiger partial charge in [0, 0.05) is 5.56 Å². The number of hydrogen-bond donors (Lipinski definition) is 1. The minimum absolute atomic E-state index is 0.641. The van der Waals surface area contributed by atoms with Crippen LogP contribution in [0.3, 0.4) is 0 Å². The van der Waals surface area contributed by atoms with Crippen LogP contribution >= 0.6 is 0 Å². The molecule has 4 heteroatoms. The maximum atomic E-state index is 5.21. The maximum Gasteiger partial charge on any atom is 0.137 e. The van der Waals surface area contributed by atoms with Gasteiger partial charge in [-0.2, -0.15) is 5.10 Å². The van der Waals surface area contributed by atoms with Crippen molar-refractivity contribution < 1.29 is 4.74 Å². The van der Waals surface area contributed by atoms with Crippen LogP contribution in [0.15, 0.2) is 24.5 Å². The van der Waals surface area contributed by atoms with Crippen LogP contribution in [0, 0.1) is 0 Å². The largest absolute Gasteiger partial charge is 0.495 e. The molecule has 0 amide bonds. The lowest BCUT2D eigenvalue weighted by Crippen LogP contribution is -2.26. The Morgan fingerprint density at radius 1 is 1.35 bits per heavy atom. The molecule has 1 aliphatic rings. The molecule has 0 spiro atoms. The van der Waals surface area contributed by atoms with Crippen molar-refractivity contribution in [2.75, 3.05) is 20.2 Å². The van der Waals surface area contributed by atoms with E-state index in [1.165, 1.54) is 23.9 Å². The summed E-state index contributed by atoms with van der Waals surface area (Å²) in [5, 5.41) is 7.81. The molecule has 90 valence electrons. The third kappa shape index (κ3) is 1.89. The van der Waals surface area contributed by atoms with Crippen molar-refractivity contribution in [3.05, 3.63) is 30.1 Å². The molecule has 17 heavy (non-hydrogen) atoms. The van der Waals surface area contributed by atoms with Crippen LogP contribution in [0.25, 0.3) is 5.52 Å². The second-order valence-corrected chi connectivity index (χ2v) is 4.52. The quantitative estimate of drug-likeness (QED) is 0.856. The normalized spacial score (nSPS) is 17.5. The molecule has 0 saturated carbocycles. The Hall–Kier alpha value is -1.55. The molecule has 1 saturated heterocycles. The highest BCUT2D eigenvalue weighted by Gasteiger charge is 2.18. The van der Waals surface area contributed by atoms with E-state index >= 15 is 0 Å². The fraction of sp³-hybridized carbons (Fsp3) is 0.462. The van der Waals surface area contributed by atoms with Crippen LogP contribution in [-0.2, 0) is 0 Å². The SMILES string of the molecule is COc1ccc2c(C3CCNCC3)cnn2c1. The molecule has 0 aliphatic carbocycles. The first-order valence-corrected chi connectivity index (χ1v) is 6.10. The Morgan fingerprint density at radius 2 is 2.18 bits per heavy atom. The predicted octanol–water partition coefficient (Wildman–Crippen LogP) is 1.81. The number of fused-ring (bicyclic) bond motifs is 1. The van der Waals surface area contributed by atoms with Crippen molar-refractivity contribution in [2.45, 2.75) is 18.8 Å². The highest BCUT2D eigenvalue weighted by molar-refractivity contribution is 5.56. The van der Waals surface area contributed by atoms with Crippen LogP contribution in [-0.4, -0.2) is 29.8 Å². The van der Waals surface area contributed by atoms with Gasteiger partial charge >= 0.3 is 0 Å². The number of hydrogen-bond acceptors (Lipinski definition) is 3. The van der Waals surface area contributed by atoms with E-state index in [0.29, 0.717) is 5.92 Å². The smallest absolute Gasteiger partial charge is 0.137 e. The van der Waals surface area contributed by atoms with E-state index in [0.717, 1.165) is 18.8 Å². The molecular weight excluding hydrogens is 214 g/mol. The van der Waals surface area contributed by atoms with E-state index < -0.39 is 0 Å². The number of pyridine rings is 1. The van der Waals surface area contributed by atoms with Crippen molar-refractivity contribution >= 4 is 5.52 Å². The summed E-state index contributed by atoms with van der Waals surface area (Å²) in [6, 6.07) is 4.10. The molecule has 0 radical (unpaired) electrons. The second-order valence-electron chi connectivity index (χ2n) is 4.52. The zero-order chi connectivity index (χ0) is 11.7. The molecule has 0 atom stereocenters. The summed E-state index contributed by atoms with van der Waals surface area (Å²) in [7, 11) is 1.68. The highest BCUT2D eigenvalue weighted by atomic mass is 16.5. The molecular formula is C13H17N3O. The second kappa shape index (κ2) is 4.37. The van der Waals surface area contributed by atoms with Crippen molar-refractivity contribution in [3.8, 4) is 5.75 Å². The molecule has 3 rings (SSSR count). The van der Waals surface area contributed by atoms with Crippen molar-refractivity contribution in [1.29, 1.82) is 0 Å². The topological polar surface area (TPSA) is 38.6 Å². The molecule has 2 aromatic rings. The van der Waals surface area contributed by atoms with Gasteiger partial charge in [-0.15, -0.1) is 0 Å². The van der Waals surface area contributed by atoms with Gasteiger partial charge in [0.05, 0.1) is 25.0 Å². The van der Waals surface area contributed by atoms with Gasteiger partial charge in [-0.25, -0.2) is 4.52 Å². The summed E-state index contributed by atoms with van der Waals surface area (Å²) >= 11 is 0. The Labute approximate surface area is 101 Å². The van der Waals surface area contributed by atoms with Crippen LogP contribution in [0.4, 0.5) is 0 Å². The lowest BCUT2D eigenvalue weighted by molar-refractivity contribution is 0.411. The number of nitrogens with one attached hydrogen (secondary N) is 1. The minimum Gasteiger partial charge on any atom is -0.495 e. The third-order valence-corrected chi connectivity index (χ3v) is 3.53. The summed E-state index contributed by atoms with van der Waals surface area (Å²) in [4.78, 5) is 0. The zero-order valence-corrected chi connectivity index (χ0v) is 10.0.